The van der Waals surface area contributed by atoms with Crippen LogP contribution in [0.25, 0.3) is 0 Å². The molecule has 3 nitrogen and oxygen atoms in total. The fraction of sp³-hybridized carbons (Fsp3) is 0.625. The molecule has 1 aromatic carbocycles. The van der Waals surface area contributed by atoms with Crippen LogP contribution in [-0.2, 0) is 12.8 Å². The monoisotopic (exact) mass is 262 g/mol. The molecule has 0 fully saturated rings. The van der Waals surface area contributed by atoms with Gasteiger partial charge in [0.1, 0.15) is 5.75 Å². The van der Waals surface area contributed by atoms with Crippen molar-refractivity contribution in [1.82, 2.24) is 4.90 Å². The number of hydrogen-bond acceptors (Lipinski definition) is 3. The third-order valence-electron chi connectivity index (χ3n) is 3.82. The molecule has 1 aliphatic heterocycles. The summed E-state index contributed by atoms with van der Waals surface area (Å²) < 4.78 is 5.55. The van der Waals surface area contributed by atoms with Crippen molar-refractivity contribution < 1.29 is 4.74 Å². The van der Waals surface area contributed by atoms with Crippen molar-refractivity contribution in [2.24, 2.45) is 5.73 Å². The molecule has 2 N–H and O–H groups in total. The molecule has 0 aliphatic carbocycles. The second kappa shape index (κ2) is 6.92. The Morgan fingerprint density at radius 1 is 1.32 bits per heavy atom. The van der Waals surface area contributed by atoms with Crippen molar-refractivity contribution in [3.8, 4) is 5.75 Å². The summed E-state index contributed by atoms with van der Waals surface area (Å²) in [5.41, 5.74) is 8.40. The number of fused-ring (bicyclic) bond motifs is 1. The van der Waals surface area contributed by atoms with Gasteiger partial charge in [-0.3, -0.25) is 0 Å². The van der Waals surface area contributed by atoms with Gasteiger partial charge in [0, 0.05) is 19.0 Å². The van der Waals surface area contributed by atoms with Crippen LogP contribution in [0.15, 0.2) is 18.2 Å². The second-order valence-corrected chi connectivity index (χ2v) is 5.56. The highest BCUT2D eigenvalue weighted by atomic mass is 16.5. The fourth-order valence-electron chi connectivity index (χ4n) is 2.59. The molecule has 1 heterocycles. The van der Waals surface area contributed by atoms with Gasteiger partial charge in [0.05, 0.1) is 6.61 Å². The number of hydrogen-bond donors (Lipinski definition) is 1. The van der Waals surface area contributed by atoms with Crippen LogP contribution in [0.2, 0.25) is 0 Å². The van der Waals surface area contributed by atoms with E-state index in [9.17, 15) is 0 Å². The highest BCUT2D eigenvalue weighted by molar-refractivity contribution is 5.39. The van der Waals surface area contributed by atoms with Gasteiger partial charge in [0.25, 0.3) is 0 Å². The van der Waals surface area contributed by atoms with Gasteiger partial charge >= 0.3 is 0 Å². The van der Waals surface area contributed by atoms with Gasteiger partial charge in [-0.2, -0.15) is 0 Å². The van der Waals surface area contributed by atoms with E-state index in [0.29, 0.717) is 6.04 Å². The van der Waals surface area contributed by atoms with Gasteiger partial charge in [-0.05, 0) is 57.0 Å². The van der Waals surface area contributed by atoms with E-state index in [1.54, 1.807) is 0 Å². The molecule has 0 amide bonds. The van der Waals surface area contributed by atoms with Crippen LogP contribution >= 0.6 is 0 Å². The van der Waals surface area contributed by atoms with E-state index in [2.05, 4.69) is 36.9 Å². The molecule has 0 bridgehead atoms. The van der Waals surface area contributed by atoms with Crippen molar-refractivity contribution in [1.29, 1.82) is 0 Å². The van der Waals surface area contributed by atoms with E-state index in [4.69, 9.17) is 10.5 Å². The Hall–Kier alpha value is -1.06. The molecule has 0 spiro atoms. The Kier molecular flexibility index (Phi) is 5.23. The number of rotatable bonds is 7. The summed E-state index contributed by atoms with van der Waals surface area (Å²) in [5.74, 6) is 1.08. The van der Waals surface area contributed by atoms with Crippen molar-refractivity contribution in [2.75, 3.05) is 26.2 Å². The SMILES string of the molecule is CC(C)N(CCCN)CCc1ccc2c(c1)CCO2. The Morgan fingerprint density at radius 2 is 2.16 bits per heavy atom. The Bertz CT molecular complexity index is 404. The third-order valence-corrected chi connectivity index (χ3v) is 3.82. The molecule has 0 aromatic heterocycles. The first-order valence-corrected chi connectivity index (χ1v) is 7.39. The maximum Gasteiger partial charge on any atom is 0.122 e. The van der Waals surface area contributed by atoms with E-state index in [1.165, 1.54) is 11.1 Å². The lowest BCUT2D eigenvalue weighted by Crippen LogP contribution is -2.34. The molecular weight excluding hydrogens is 236 g/mol. The molecule has 2 rings (SSSR count). The highest BCUT2D eigenvalue weighted by Crippen LogP contribution is 2.26. The Labute approximate surface area is 116 Å². The van der Waals surface area contributed by atoms with Crippen molar-refractivity contribution in [3.63, 3.8) is 0 Å². The predicted octanol–water partition coefficient (Wildman–Crippen LogP) is 2.22. The van der Waals surface area contributed by atoms with E-state index >= 15 is 0 Å². The Balaban J connectivity index is 1.89. The predicted molar refractivity (Wildman–Crippen MR) is 79.7 cm³/mol. The molecule has 0 saturated heterocycles. The number of benzene rings is 1. The summed E-state index contributed by atoms with van der Waals surface area (Å²) in [4.78, 5) is 2.51. The standard InChI is InChI=1S/C16H26N2O/c1-13(2)18(9-3-8-17)10-6-14-4-5-16-15(12-14)7-11-19-16/h4-5,12-13H,3,6-11,17H2,1-2H3. The van der Waals surface area contributed by atoms with Gasteiger partial charge in [-0.15, -0.1) is 0 Å². The van der Waals surface area contributed by atoms with Gasteiger partial charge in [0.2, 0.25) is 0 Å². The normalized spacial score (nSPS) is 13.9. The van der Waals surface area contributed by atoms with Crippen LogP contribution in [0, 0.1) is 0 Å². The van der Waals surface area contributed by atoms with Crippen LogP contribution in [0.3, 0.4) is 0 Å². The van der Waals surface area contributed by atoms with Crippen molar-refractivity contribution in [2.45, 2.75) is 39.2 Å². The van der Waals surface area contributed by atoms with Crippen molar-refractivity contribution >= 4 is 0 Å². The average Bonchev–Trinajstić information content (AvgIpc) is 2.85. The van der Waals surface area contributed by atoms with Crippen molar-refractivity contribution in [3.05, 3.63) is 29.3 Å². The molecule has 0 atom stereocenters. The van der Waals surface area contributed by atoms with Gasteiger partial charge < -0.3 is 15.4 Å². The minimum Gasteiger partial charge on any atom is -0.493 e. The van der Waals surface area contributed by atoms with E-state index < -0.39 is 0 Å². The minimum absolute atomic E-state index is 0.587. The largest absolute Gasteiger partial charge is 0.493 e. The summed E-state index contributed by atoms with van der Waals surface area (Å²) in [6.07, 6.45) is 3.25. The van der Waals surface area contributed by atoms with Crippen LogP contribution in [0.4, 0.5) is 0 Å². The number of nitrogens with zero attached hydrogens (tertiary/aromatic N) is 1. The lowest BCUT2D eigenvalue weighted by atomic mass is 10.1. The summed E-state index contributed by atoms with van der Waals surface area (Å²) in [6.45, 7) is 8.34. The summed E-state index contributed by atoms with van der Waals surface area (Å²) in [5, 5.41) is 0. The zero-order valence-corrected chi connectivity index (χ0v) is 12.2. The minimum atomic E-state index is 0.587. The van der Waals surface area contributed by atoms with Crippen LogP contribution in [0.5, 0.6) is 5.75 Å². The van der Waals surface area contributed by atoms with Gasteiger partial charge in [-0.25, -0.2) is 0 Å². The highest BCUT2D eigenvalue weighted by Gasteiger charge is 2.13. The van der Waals surface area contributed by atoms with Crippen LogP contribution in [-0.4, -0.2) is 37.2 Å². The summed E-state index contributed by atoms with van der Waals surface area (Å²) >= 11 is 0. The molecule has 0 saturated carbocycles. The lowest BCUT2D eigenvalue weighted by Gasteiger charge is -2.26. The Morgan fingerprint density at radius 3 is 2.89 bits per heavy atom. The average molecular weight is 262 g/mol. The smallest absolute Gasteiger partial charge is 0.122 e. The molecule has 1 aromatic rings. The number of ether oxygens (including phenoxy) is 1. The molecular formula is C16H26N2O. The summed E-state index contributed by atoms with van der Waals surface area (Å²) in [7, 11) is 0. The number of nitrogens with two attached hydrogens (primary N) is 1. The molecule has 0 radical (unpaired) electrons. The quantitative estimate of drug-likeness (QED) is 0.819. The lowest BCUT2D eigenvalue weighted by molar-refractivity contribution is 0.223. The van der Waals surface area contributed by atoms with E-state index in [-0.39, 0.29) is 0 Å². The molecule has 3 heteroatoms. The molecule has 19 heavy (non-hydrogen) atoms. The topological polar surface area (TPSA) is 38.5 Å². The second-order valence-electron chi connectivity index (χ2n) is 5.56. The van der Waals surface area contributed by atoms with Crippen LogP contribution < -0.4 is 10.5 Å². The van der Waals surface area contributed by atoms with Crippen LogP contribution in [0.1, 0.15) is 31.4 Å². The van der Waals surface area contributed by atoms with E-state index in [0.717, 1.165) is 51.3 Å². The first-order valence-electron chi connectivity index (χ1n) is 7.39. The maximum absolute atomic E-state index is 5.61. The molecule has 0 unspecified atom stereocenters. The van der Waals surface area contributed by atoms with E-state index in [1.807, 2.05) is 0 Å². The first kappa shape index (κ1) is 14.4. The maximum atomic E-state index is 5.61. The summed E-state index contributed by atoms with van der Waals surface area (Å²) in [6, 6.07) is 7.22. The van der Waals surface area contributed by atoms with Gasteiger partial charge in [0.15, 0.2) is 0 Å². The third kappa shape index (κ3) is 3.95. The zero-order valence-electron chi connectivity index (χ0n) is 12.2. The fourth-order valence-corrected chi connectivity index (χ4v) is 2.59. The first-order chi connectivity index (χ1) is 9.20. The molecule has 106 valence electrons. The van der Waals surface area contributed by atoms with Gasteiger partial charge in [-0.1, -0.05) is 12.1 Å². The molecule has 1 aliphatic rings. The zero-order chi connectivity index (χ0) is 13.7.